The van der Waals surface area contributed by atoms with Crippen molar-refractivity contribution in [3.63, 3.8) is 0 Å². The maximum atomic E-state index is 10.3. The molecule has 0 fully saturated rings. The summed E-state index contributed by atoms with van der Waals surface area (Å²) in [5, 5.41) is 8.60. The van der Waals surface area contributed by atoms with Gasteiger partial charge in [-0.25, -0.2) is 4.79 Å². The highest BCUT2D eigenvalue weighted by molar-refractivity contribution is 5.81. The minimum absolute atomic E-state index is 0.448. The maximum absolute atomic E-state index is 10.3. The fraction of sp³-hybridized carbons (Fsp3) is 0.500. The summed E-state index contributed by atoms with van der Waals surface area (Å²) in [5.74, 6) is -0.448. The minimum atomic E-state index is -0.593. The quantitative estimate of drug-likeness (QED) is 0.426. The van der Waals surface area contributed by atoms with Gasteiger partial charge in [0.05, 0.1) is 13.2 Å². The molecule has 1 unspecified atom stereocenters. The van der Waals surface area contributed by atoms with Crippen LogP contribution < -0.4 is 0 Å². The zero-order valence-corrected chi connectivity index (χ0v) is 5.50. The first-order valence-corrected chi connectivity index (χ1v) is 2.61. The van der Waals surface area contributed by atoms with Gasteiger partial charge in [-0.1, -0.05) is 0 Å². The van der Waals surface area contributed by atoms with E-state index in [0.29, 0.717) is 0 Å². The first-order chi connectivity index (χ1) is 4.16. The van der Waals surface area contributed by atoms with Crippen LogP contribution >= 0.6 is 0 Å². The van der Waals surface area contributed by atoms with E-state index in [1.807, 2.05) is 0 Å². The van der Waals surface area contributed by atoms with Crippen LogP contribution in [0, 0.1) is 0 Å². The van der Waals surface area contributed by atoms with Crippen molar-refractivity contribution < 1.29 is 14.6 Å². The highest BCUT2D eigenvalue weighted by Gasteiger charge is 1.91. The van der Waals surface area contributed by atoms with E-state index in [2.05, 4.69) is 4.74 Å². The molecule has 0 aliphatic carbocycles. The molecular formula is C6H10O3. The lowest BCUT2D eigenvalue weighted by atomic mass is 10.3. The number of aliphatic hydroxyl groups is 1. The molecule has 0 rings (SSSR count). The van der Waals surface area contributed by atoms with E-state index in [1.54, 1.807) is 6.92 Å². The van der Waals surface area contributed by atoms with Gasteiger partial charge >= 0.3 is 5.97 Å². The normalized spacial score (nSPS) is 13.7. The van der Waals surface area contributed by atoms with Crippen molar-refractivity contribution in [3.8, 4) is 0 Å². The summed E-state index contributed by atoms with van der Waals surface area (Å²) in [6.45, 7) is 1.56. The van der Waals surface area contributed by atoms with Gasteiger partial charge < -0.3 is 9.84 Å². The van der Waals surface area contributed by atoms with Gasteiger partial charge in [-0.2, -0.15) is 0 Å². The van der Waals surface area contributed by atoms with Gasteiger partial charge in [0.15, 0.2) is 0 Å². The predicted octanol–water partition coefficient (Wildman–Crippen LogP) is 0.0964. The van der Waals surface area contributed by atoms with E-state index in [4.69, 9.17) is 5.11 Å². The minimum Gasteiger partial charge on any atom is -0.466 e. The van der Waals surface area contributed by atoms with Crippen LogP contribution in [-0.2, 0) is 9.53 Å². The van der Waals surface area contributed by atoms with Crippen molar-refractivity contribution in [3.05, 3.63) is 12.2 Å². The number of ether oxygens (including phenoxy) is 1. The predicted molar refractivity (Wildman–Crippen MR) is 32.8 cm³/mol. The van der Waals surface area contributed by atoms with E-state index in [9.17, 15) is 4.79 Å². The van der Waals surface area contributed by atoms with Crippen molar-refractivity contribution in [1.29, 1.82) is 0 Å². The lowest BCUT2D eigenvalue weighted by Crippen LogP contribution is -1.98. The molecule has 0 aromatic rings. The average Bonchev–Trinajstić information content (AvgIpc) is 1.83. The van der Waals surface area contributed by atoms with Crippen LogP contribution in [0.5, 0.6) is 0 Å². The number of aliphatic hydroxyl groups excluding tert-OH is 1. The molecule has 0 aliphatic rings. The molecular weight excluding hydrogens is 120 g/mol. The Hall–Kier alpha value is -0.830. The van der Waals surface area contributed by atoms with Crippen LogP contribution in [0.25, 0.3) is 0 Å². The van der Waals surface area contributed by atoms with E-state index >= 15 is 0 Å². The molecule has 0 bridgehead atoms. The number of rotatable bonds is 2. The average molecular weight is 130 g/mol. The molecule has 0 aliphatic heterocycles. The summed E-state index contributed by atoms with van der Waals surface area (Å²) < 4.78 is 4.26. The smallest absolute Gasteiger partial charge is 0.330 e. The van der Waals surface area contributed by atoms with Gasteiger partial charge in [0.25, 0.3) is 0 Å². The van der Waals surface area contributed by atoms with Gasteiger partial charge in [-0.05, 0) is 13.0 Å². The maximum Gasteiger partial charge on any atom is 0.330 e. The Morgan fingerprint density at radius 2 is 2.33 bits per heavy atom. The Morgan fingerprint density at radius 1 is 1.78 bits per heavy atom. The third-order valence-electron chi connectivity index (χ3n) is 0.712. The second-order valence-electron chi connectivity index (χ2n) is 1.62. The van der Waals surface area contributed by atoms with Crippen molar-refractivity contribution in [2.45, 2.75) is 13.0 Å². The summed E-state index contributed by atoms with van der Waals surface area (Å²) in [7, 11) is 1.29. The Labute approximate surface area is 53.9 Å². The SMILES string of the molecule is COC(=O)C=CC(C)O. The van der Waals surface area contributed by atoms with Crippen LogP contribution in [-0.4, -0.2) is 24.3 Å². The molecule has 9 heavy (non-hydrogen) atoms. The molecule has 1 atom stereocenters. The third-order valence-corrected chi connectivity index (χ3v) is 0.712. The Kier molecular flexibility index (Phi) is 3.71. The number of hydrogen-bond acceptors (Lipinski definition) is 3. The molecule has 0 aromatic carbocycles. The molecule has 0 aromatic heterocycles. The highest BCUT2D eigenvalue weighted by Crippen LogP contribution is 1.83. The summed E-state index contributed by atoms with van der Waals surface area (Å²) in [5.41, 5.74) is 0. The molecule has 0 heterocycles. The van der Waals surface area contributed by atoms with Crippen LogP contribution in [0.1, 0.15) is 6.92 Å². The van der Waals surface area contributed by atoms with Crippen molar-refractivity contribution in [1.82, 2.24) is 0 Å². The topological polar surface area (TPSA) is 46.5 Å². The number of carbonyl (C=O) groups excluding carboxylic acids is 1. The molecule has 52 valence electrons. The molecule has 0 spiro atoms. The monoisotopic (exact) mass is 130 g/mol. The number of esters is 1. The third kappa shape index (κ3) is 5.03. The second-order valence-corrected chi connectivity index (χ2v) is 1.62. The van der Waals surface area contributed by atoms with Gasteiger partial charge in [-0.3, -0.25) is 0 Å². The Morgan fingerprint density at radius 3 is 2.67 bits per heavy atom. The fourth-order valence-corrected chi connectivity index (χ4v) is 0.286. The zero-order chi connectivity index (χ0) is 7.28. The largest absolute Gasteiger partial charge is 0.466 e. The van der Waals surface area contributed by atoms with Crippen molar-refractivity contribution in [2.75, 3.05) is 7.11 Å². The molecule has 3 nitrogen and oxygen atoms in total. The molecule has 3 heteroatoms. The summed E-state index contributed by atoms with van der Waals surface area (Å²) in [6.07, 6.45) is 1.94. The van der Waals surface area contributed by atoms with Crippen LogP contribution in [0.15, 0.2) is 12.2 Å². The van der Waals surface area contributed by atoms with E-state index in [-0.39, 0.29) is 0 Å². The summed E-state index contributed by atoms with van der Waals surface area (Å²) >= 11 is 0. The van der Waals surface area contributed by atoms with Crippen LogP contribution in [0.4, 0.5) is 0 Å². The zero-order valence-electron chi connectivity index (χ0n) is 5.50. The van der Waals surface area contributed by atoms with Gasteiger partial charge in [0.2, 0.25) is 0 Å². The van der Waals surface area contributed by atoms with E-state index < -0.39 is 12.1 Å². The van der Waals surface area contributed by atoms with Crippen LogP contribution in [0.2, 0.25) is 0 Å². The molecule has 0 radical (unpaired) electrons. The fourth-order valence-electron chi connectivity index (χ4n) is 0.286. The summed E-state index contributed by atoms with van der Waals surface area (Å²) in [6, 6.07) is 0. The number of methoxy groups -OCH3 is 1. The Balaban J connectivity index is 3.57. The molecule has 0 amide bonds. The first-order valence-electron chi connectivity index (χ1n) is 2.61. The highest BCUT2D eigenvalue weighted by atomic mass is 16.5. The lowest BCUT2D eigenvalue weighted by Gasteiger charge is -1.91. The molecule has 0 saturated carbocycles. The van der Waals surface area contributed by atoms with Crippen molar-refractivity contribution in [2.24, 2.45) is 0 Å². The first kappa shape index (κ1) is 8.17. The van der Waals surface area contributed by atoms with Gasteiger partial charge in [0.1, 0.15) is 0 Å². The standard InChI is InChI=1S/C6H10O3/c1-5(7)3-4-6(8)9-2/h3-5,7H,1-2H3. The van der Waals surface area contributed by atoms with E-state index in [1.165, 1.54) is 19.3 Å². The number of carbonyl (C=O) groups is 1. The lowest BCUT2D eigenvalue weighted by molar-refractivity contribution is -0.134. The summed E-state index contributed by atoms with van der Waals surface area (Å²) in [4.78, 5) is 10.3. The molecule has 0 saturated heterocycles. The second kappa shape index (κ2) is 4.09. The Bertz CT molecular complexity index is 115. The number of hydrogen-bond donors (Lipinski definition) is 1. The van der Waals surface area contributed by atoms with Gasteiger partial charge in [-0.15, -0.1) is 0 Å². The van der Waals surface area contributed by atoms with Crippen molar-refractivity contribution >= 4 is 5.97 Å². The van der Waals surface area contributed by atoms with Crippen LogP contribution in [0.3, 0.4) is 0 Å². The van der Waals surface area contributed by atoms with E-state index in [0.717, 1.165) is 0 Å². The van der Waals surface area contributed by atoms with Gasteiger partial charge in [0, 0.05) is 6.08 Å². The molecule has 1 N–H and O–H groups in total.